The summed E-state index contributed by atoms with van der Waals surface area (Å²) in [4.78, 5) is 11.0. The van der Waals surface area contributed by atoms with Gasteiger partial charge in [0.1, 0.15) is 29.3 Å². The van der Waals surface area contributed by atoms with E-state index in [2.05, 4.69) is 20.8 Å². The molecule has 2 N–H and O–H groups in total. The molecule has 0 radical (unpaired) electrons. The van der Waals surface area contributed by atoms with Crippen LogP contribution in [-0.2, 0) is 12.0 Å². The van der Waals surface area contributed by atoms with Gasteiger partial charge in [0.2, 0.25) is 0 Å². The predicted octanol–water partition coefficient (Wildman–Crippen LogP) is 4.72. The second kappa shape index (κ2) is 6.87. The monoisotopic (exact) mass is 370 g/mol. The number of furan rings is 1. The first kappa shape index (κ1) is 18.6. The fourth-order valence-corrected chi connectivity index (χ4v) is 3.05. The lowest BCUT2D eigenvalue weighted by atomic mass is 9.86. The van der Waals surface area contributed by atoms with E-state index >= 15 is 0 Å². The second-order valence-electron chi connectivity index (χ2n) is 7.29. The SMILES string of the molecule is COc1cccc2oc(OCc3ccc(C(=O)O)c(O)c3)c(C(C)(C)C)c12. The van der Waals surface area contributed by atoms with E-state index in [-0.39, 0.29) is 23.3 Å². The van der Waals surface area contributed by atoms with Crippen LogP contribution in [0.3, 0.4) is 0 Å². The molecule has 0 aliphatic rings. The molecule has 0 amide bonds. The van der Waals surface area contributed by atoms with E-state index in [0.29, 0.717) is 22.8 Å². The van der Waals surface area contributed by atoms with Crippen LogP contribution in [0, 0.1) is 0 Å². The van der Waals surface area contributed by atoms with Crippen molar-refractivity contribution in [2.75, 3.05) is 7.11 Å². The molecule has 0 saturated heterocycles. The van der Waals surface area contributed by atoms with Gasteiger partial charge in [-0.1, -0.05) is 32.9 Å². The highest BCUT2D eigenvalue weighted by Crippen LogP contribution is 2.44. The number of fused-ring (bicyclic) bond motifs is 1. The summed E-state index contributed by atoms with van der Waals surface area (Å²) in [5.74, 6) is -0.395. The molecule has 0 spiro atoms. The van der Waals surface area contributed by atoms with Gasteiger partial charge in [0.15, 0.2) is 0 Å². The quantitative estimate of drug-likeness (QED) is 0.675. The van der Waals surface area contributed by atoms with Gasteiger partial charge in [0.05, 0.1) is 18.1 Å². The number of methoxy groups -OCH3 is 1. The summed E-state index contributed by atoms with van der Waals surface area (Å²) in [6, 6.07) is 9.91. The normalized spacial score (nSPS) is 11.6. The maximum absolute atomic E-state index is 11.0. The van der Waals surface area contributed by atoms with E-state index in [4.69, 9.17) is 19.0 Å². The Morgan fingerprint density at radius 2 is 1.93 bits per heavy atom. The first-order valence-corrected chi connectivity index (χ1v) is 8.50. The van der Waals surface area contributed by atoms with E-state index in [1.165, 1.54) is 12.1 Å². The zero-order valence-corrected chi connectivity index (χ0v) is 15.7. The number of phenols is 1. The smallest absolute Gasteiger partial charge is 0.339 e. The molecule has 3 aromatic rings. The molecule has 0 aliphatic carbocycles. The molecule has 0 aliphatic heterocycles. The molecule has 0 atom stereocenters. The highest BCUT2D eigenvalue weighted by molar-refractivity contribution is 5.91. The van der Waals surface area contributed by atoms with Gasteiger partial charge in [0.25, 0.3) is 5.95 Å². The Bertz CT molecular complexity index is 994. The molecule has 27 heavy (non-hydrogen) atoms. The maximum atomic E-state index is 11.0. The second-order valence-corrected chi connectivity index (χ2v) is 7.29. The Morgan fingerprint density at radius 1 is 1.19 bits per heavy atom. The van der Waals surface area contributed by atoms with Gasteiger partial charge < -0.3 is 24.1 Å². The third kappa shape index (κ3) is 3.56. The van der Waals surface area contributed by atoms with Crippen LogP contribution in [0.5, 0.6) is 17.4 Å². The highest BCUT2D eigenvalue weighted by atomic mass is 16.6. The molecule has 1 aromatic heterocycles. The molecule has 2 aromatic carbocycles. The van der Waals surface area contributed by atoms with Gasteiger partial charge in [-0.2, -0.15) is 0 Å². The standard InChI is InChI=1S/C21H22O6/c1-21(2,3)18-17-15(25-4)6-5-7-16(17)27-20(18)26-11-12-8-9-13(19(23)24)14(22)10-12/h5-10,22H,11H2,1-4H3,(H,23,24). The van der Waals surface area contributed by atoms with Crippen LogP contribution in [0.2, 0.25) is 0 Å². The fourth-order valence-electron chi connectivity index (χ4n) is 3.05. The summed E-state index contributed by atoms with van der Waals surface area (Å²) >= 11 is 0. The van der Waals surface area contributed by atoms with Crippen molar-refractivity contribution in [3.63, 3.8) is 0 Å². The predicted molar refractivity (Wildman–Crippen MR) is 101 cm³/mol. The van der Waals surface area contributed by atoms with Crippen LogP contribution in [0.15, 0.2) is 40.8 Å². The number of aromatic carboxylic acids is 1. The molecular formula is C21H22O6. The van der Waals surface area contributed by atoms with Gasteiger partial charge in [0, 0.05) is 0 Å². The Hall–Kier alpha value is -3.15. The number of carboxylic acids is 1. The van der Waals surface area contributed by atoms with Gasteiger partial charge in [-0.25, -0.2) is 4.79 Å². The topological polar surface area (TPSA) is 89.1 Å². The average Bonchev–Trinajstić information content (AvgIpc) is 2.98. The maximum Gasteiger partial charge on any atom is 0.339 e. The molecule has 0 bridgehead atoms. The number of rotatable bonds is 5. The molecule has 3 rings (SSSR count). The van der Waals surface area contributed by atoms with Crippen molar-refractivity contribution in [2.45, 2.75) is 32.8 Å². The third-order valence-electron chi connectivity index (χ3n) is 4.28. The largest absolute Gasteiger partial charge is 0.507 e. The van der Waals surface area contributed by atoms with Crippen molar-refractivity contribution in [2.24, 2.45) is 0 Å². The molecule has 142 valence electrons. The number of ether oxygens (including phenoxy) is 2. The van der Waals surface area contributed by atoms with E-state index in [1.807, 2.05) is 18.2 Å². The summed E-state index contributed by atoms with van der Waals surface area (Å²) in [5.41, 5.74) is 1.77. The van der Waals surface area contributed by atoms with Crippen molar-refractivity contribution in [1.29, 1.82) is 0 Å². The summed E-state index contributed by atoms with van der Waals surface area (Å²) < 4.78 is 17.3. The summed E-state index contributed by atoms with van der Waals surface area (Å²) in [7, 11) is 1.61. The molecule has 6 heteroatoms. The zero-order chi connectivity index (χ0) is 19.8. The fraction of sp³-hybridized carbons (Fsp3) is 0.286. The number of aromatic hydroxyl groups is 1. The van der Waals surface area contributed by atoms with Crippen molar-refractivity contribution >= 4 is 16.9 Å². The van der Waals surface area contributed by atoms with Gasteiger partial charge in [-0.15, -0.1) is 0 Å². The lowest BCUT2D eigenvalue weighted by Gasteiger charge is -2.19. The minimum atomic E-state index is -1.18. The first-order chi connectivity index (χ1) is 12.7. The first-order valence-electron chi connectivity index (χ1n) is 8.50. The summed E-state index contributed by atoms with van der Waals surface area (Å²) in [5, 5.41) is 19.7. The van der Waals surface area contributed by atoms with Crippen molar-refractivity contribution in [3.05, 3.63) is 53.1 Å². The minimum Gasteiger partial charge on any atom is -0.507 e. The number of carboxylic acid groups (broad SMARTS) is 1. The van der Waals surface area contributed by atoms with E-state index in [9.17, 15) is 9.90 Å². The van der Waals surface area contributed by atoms with Gasteiger partial charge >= 0.3 is 5.97 Å². The van der Waals surface area contributed by atoms with E-state index in [1.54, 1.807) is 13.2 Å². The van der Waals surface area contributed by atoms with Crippen LogP contribution < -0.4 is 9.47 Å². The van der Waals surface area contributed by atoms with Crippen molar-refractivity contribution in [3.8, 4) is 17.4 Å². The van der Waals surface area contributed by atoms with E-state index in [0.717, 1.165) is 10.9 Å². The minimum absolute atomic E-state index is 0.124. The van der Waals surface area contributed by atoms with Gasteiger partial charge in [-0.3, -0.25) is 0 Å². The molecule has 0 fully saturated rings. The molecule has 0 unspecified atom stereocenters. The molecule has 0 saturated carbocycles. The molecule has 1 heterocycles. The van der Waals surface area contributed by atoms with Crippen molar-refractivity contribution in [1.82, 2.24) is 0 Å². The third-order valence-corrected chi connectivity index (χ3v) is 4.28. The Balaban J connectivity index is 1.98. The van der Waals surface area contributed by atoms with E-state index < -0.39 is 5.97 Å². The Morgan fingerprint density at radius 3 is 2.52 bits per heavy atom. The van der Waals surface area contributed by atoms with Crippen LogP contribution >= 0.6 is 0 Å². The molecule has 6 nitrogen and oxygen atoms in total. The number of carbonyl (C=O) groups is 1. The number of benzene rings is 2. The lowest BCUT2D eigenvalue weighted by Crippen LogP contribution is -2.12. The van der Waals surface area contributed by atoms with Crippen LogP contribution in [-0.4, -0.2) is 23.3 Å². The summed E-state index contributed by atoms with van der Waals surface area (Å²) in [6.45, 7) is 6.30. The summed E-state index contributed by atoms with van der Waals surface area (Å²) in [6.07, 6.45) is 0. The number of hydrogen-bond donors (Lipinski definition) is 2. The van der Waals surface area contributed by atoms with Gasteiger partial charge in [-0.05, 0) is 35.2 Å². The molecular weight excluding hydrogens is 348 g/mol. The van der Waals surface area contributed by atoms with Crippen LogP contribution in [0.1, 0.15) is 42.3 Å². The Kier molecular flexibility index (Phi) is 4.74. The zero-order valence-electron chi connectivity index (χ0n) is 15.7. The lowest BCUT2D eigenvalue weighted by molar-refractivity contribution is 0.0693. The number of hydrogen-bond acceptors (Lipinski definition) is 5. The van der Waals surface area contributed by atoms with Crippen LogP contribution in [0.4, 0.5) is 0 Å². The van der Waals surface area contributed by atoms with Crippen LogP contribution in [0.25, 0.3) is 11.0 Å². The average molecular weight is 370 g/mol. The van der Waals surface area contributed by atoms with Crippen molar-refractivity contribution < 1.29 is 28.9 Å². The highest BCUT2D eigenvalue weighted by Gasteiger charge is 2.29. The Labute approximate surface area is 156 Å².